The van der Waals surface area contributed by atoms with Crippen molar-refractivity contribution in [2.24, 2.45) is 0 Å². The number of ether oxygens (including phenoxy) is 3. The van der Waals surface area contributed by atoms with Crippen LogP contribution in [0.25, 0.3) is 0 Å². The van der Waals surface area contributed by atoms with Crippen molar-refractivity contribution in [1.29, 1.82) is 0 Å². The third kappa shape index (κ3) is 4.88. The van der Waals surface area contributed by atoms with Crippen LogP contribution in [0.15, 0.2) is 17.5 Å². The summed E-state index contributed by atoms with van der Waals surface area (Å²) in [6, 6.07) is 3.13. The predicted octanol–water partition coefficient (Wildman–Crippen LogP) is 2.58. The fourth-order valence-corrected chi connectivity index (χ4v) is 3.16. The number of likely N-dealkylation sites (N-methyl/N-ethyl adjacent to an activating group) is 1. The zero-order valence-electron chi connectivity index (χ0n) is 16.0. The molecule has 2 rings (SSSR count). The minimum Gasteiger partial charge on any atom is -0.493 e. The summed E-state index contributed by atoms with van der Waals surface area (Å²) in [4.78, 5) is 30.8. The lowest BCUT2D eigenvalue weighted by Gasteiger charge is -2.21. The molecular weight excluding hydrogens is 370 g/mol. The van der Waals surface area contributed by atoms with E-state index in [9.17, 15) is 9.59 Å². The Morgan fingerprint density at radius 2 is 1.78 bits per heavy atom. The van der Waals surface area contributed by atoms with Gasteiger partial charge in [-0.15, -0.1) is 11.3 Å². The van der Waals surface area contributed by atoms with E-state index in [0.29, 0.717) is 34.5 Å². The highest BCUT2D eigenvalue weighted by atomic mass is 32.1. The molecule has 0 aliphatic heterocycles. The SMILES string of the molecule is CCN(CC(=O)Nc1nc(C)cs1)C(=O)c1cc(OC)c(OC)c(OC)c1. The van der Waals surface area contributed by atoms with E-state index in [2.05, 4.69) is 10.3 Å². The van der Waals surface area contributed by atoms with Crippen LogP contribution in [0.2, 0.25) is 0 Å². The van der Waals surface area contributed by atoms with Gasteiger partial charge in [-0.1, -0.05) is 0 Å². The highest BCUT2D eigenvalue weighted by Gasteiger charge is 2.22. The van der Waals surface area contributed by atoms with E-state index in [1.54, 1.807) is 19.1 Å². The van der Waals surface area contributed by atoms with E-state index in [1.807, 2.05) is 12.3 Å². The lowest BCUT2D eigenvalue weighted by molar-refractivity contribution is -0.116. The second-order valence-electron chi connectivity index (χ2n) is 5.58. The number of carbonyl (C=O) groups excluding carboxylic acids is 2. The number of aromatic nitrogens is 1. The first-order valence-corrected chi connectivity index (χ1v) is 9.12. The minimum atomic E-state index is -0.317. The Labute approximate surface area is 162 Å². The molecule has 0 saturated carbocycles. The van der Waals surface area contributed by atoms with Crippen LogP contribution in [-0.4, -0.2) is 56.1 Å². The van der Waals surface area contributed by atoms with Gasteiger partial charge >= 0.3 is 0 Å². The Balaban J connectivity index is 2.19. The summed E-state index contributed by atoms with van der Waals surface area (Å²) in [6.45, 7) is 3.92. The largest absolute Gasteiger partial charge is 0.493 e. The number of amides is 2. The number of thiazole rings is 1. The molecule has 1 heterocycles. The van der Waals surface area contributed by atoms with Crippen molar-refractivity contribution in [3.63, 3.8) is 0 Å². The molecule has 2 amide bonds. The van der Waals surface area contributed by atoms with Crippen LogP contribution in [0.4, 0.5) is 5.13 Å². The van der Waals surface area contributed by atoms with Crippen LogP contribution in [0.1, 0.15) is 23.0 Å². The van der Waals surface area contributed by atoms with E-state index in [0.717, 1.165) is 5.69 Å². The molecule has 0 spiro atoms. The summed E-state index contributed by atoms with van der Waals surface area (Å²) in [7, 11) is 4.45. The van der Waals surface area contributed by atoms with Crippen LogP contribution in [0.3, 0.4) is 0 Å². The Bertz CT molecular complexity index is 796. The molecule has 2 aromatic rings. The number of carbonyl (C=O) groups is 2. The number of rotatable bonds is 8. The number of methoxy groups -OCH3 is 3. The molecule has 1 N–H and O–H groups in total. The van der Waals surface area contributed by atoms with E-state index in [4.69, 9.17) is 14.2 Å². The smallest absolute Gasteiger partial charge is 0.254 e. The molecule has 0 aliphatic rings. The number of benzene rings is 1. The molecule has 0 unspecified atom stereocenters. The molecule has 8 nitrogen and oxygen atoms in total. The lowest BCUT2D eigenvalue weighted by atomic mass is 10.1. The van der Waals surface area contributed by atoms with Gasteiger partial charge in [-0.05, 0) is 26.0 Å². The monoisotopic (exact) mass is 393 g/mol. The van der Waals surface area contributed by atoms with Gasteiger partial charge < -0.3 is 24.4 Å². The molecule has 0 aliphatic carbocycles. The second kappa shape index (κ2) is 9.22. The minimum absolute atomic E-state index is 0.0926. The van der Waals surface area contributed by atoms with E-state index in [1.165, 1.54) is 37.6 Å². The third-order valence-electron chi connectivity index (χ3n) is 3.78. The summed E-state index contributed by atoms with van der Waals surface area (Å²) >= 11 is 1.34. The third-order valence-corrected chi connectivity index (χ3v) is 4.66. The van der Waals surface area contributed by atoms with Gasteiger partial charge in [0.1, 0.15) is 6.54 Å². The van der Waals surface area contributed by atoms with Gasteiger partial charge in [-0.25, -0.2) is 4.98 Å². The molecule has 1 aromatic heterocycles. The van der Waals surface area contributed by atoms with Crippen molar-refractivity contribution in [2.45, 2.75) is 13.8 Å². The van der Waals surface area contributed by atoms with E-state index in [-0.39, 0.29) is 18.4 Å². The molecule has 0 saturated heterocycles. The molecule has 0 radical (unpaired) electrons. The van der Waals surface area contributed by atoms with E-state index < -0.39 is 0 Å². The summed E-state index contributed by atoms with van der Waals surface area (Å²) in [6.07, 6.45) is 0. The van der Waals surface area contributed by atoms with Crippen LogP contribution in [0, 0.1) is 6.92 Å². The van der Waals surface area contributed by atoms with Crippen LogP contribution in [0.5, 0.6) is 17.2 Å². The maximum absolute atomic E-state index is 12.9. The van der Waals surface area contributed by atoms with Crippen molar-refractivity contribution in [3.8, 4) is 17.2 Å². The zero-order chi connectivity index (χ0) is 20.0. The molecule has 9 heteroatoms. The highest BCUT2D eigenvalue weighted by molar-refractivity contribution is 7.13. The Kier molecular flexibility index (Phi) is 7.00. The topological polar surface area (TPSA) is 90.0 Å². The second-order valence-corrected chi connectivity index (χ2v) is 6.43. The van der Waals surface area contributed by atoms with Crippen molar-refractivity contribution < 1.29 is 23.8 Å². The maximum Gasteiger partial charge on any atom is 0.254 e. The van der Waals surface area contributed by atoms with Crippen LogP contribution in [-0.2, 0) is 4.79 Å². The first-order valence-electron chi connectivity index (χ1n) is 8.24. The molecule has 0 bridgehead atoms. The number of hydrogen-bond donors (Lipinski definition) is 1. The van der Waals surface area contributed by atoms with Gasteiger partial charge in [-0.2, -0.15) is 0 Å². The summed E-state index contributed by atoms with van der Waals surface area (Å²) in [5, 5.41) is 5.05. The number of nitrogens with one attached hydrogen (secondary N) is 1. The molecule has 27 heavy (non-hydrogen) atoms. The van der Waals surface area contributed by atoms with Crippen molar-refractivity contribution >= 4 is 28.3 Å². The summed E-state index contributed by atoms with van der Waals surface area (Å²) in [5.74, 6) is 0.517. The average Bonchev–Trinajstić information content (AvgIpc) is 3.08. The molecular formula is C18H23N3O5S. The maximum atomic E-state index is 12.9. The molecule has 0 atom stereocenters. The van der Waals surface area contributed by atoms with Gasteiger partial charge in [0.15, 0.2) is 16.6 Å². The first kappa shape index (κ1) is 20.5. The predicted molar refractivity (Wildman–Crippen MR) is 103 cm³/mol. The molecule has 0 fully saturated rings. The lowest BCUT2D eigenvalue weighted by Crippen LogP contribution is -2.37. The zero-order valence-corrected chi connectivity index (χ0v) is 16.8. The highest BCUT2D eigenvalue weighted by Crippen LogP contribution is 2.38. The fourth-order valence-electron chi connectivity index (χ4n) is 2.46. The van der Waals surface area contributed by atoms with Gasteiger partial charge in [0, 0.05) is 17.5 Å². The first-order chi connectivity index (χ1) is 12.9. The summed E-state index contributed by atoms with van der Waals surface area (Å²) < 4.78 is 15.8. The molecule has 1 aromatic carbocycles. The number of anilines is 1. The number of hydrogen-bond acceptors (Lipinski definition) is 7. The average molecular weight is 393 g/mol. The van der Waals surface area contributed by atoms with Crippen molar-refractivity contribution in [1.82, 2.24) is 9.88 Å². The van der Waals surface area contributed by atoms with Gasteiger partial charge in [0.05, 0.1) is 27.0 Å². The number of nitrogens with zero attached hydrogens (tertiary/aromatic N) is 2. The number of aryl methyl sites for hydroxylation is 1. The fraction of sp³-hybridized carbons (Fsp3) is 0.389. The summed E-state index contributed by atoms with van der Waals surface area (Å²) in [5.41, 5.74) is 1.17. The Hall–Kier alpha value is -2.81. The van der Waals surface area contributed by atoms with Gasteiger partial charge in [0.2, 0.25) is 11.7 Å². The standard InChI is InChI=1S/C18H23N3O5S/c1-6-21(9-15(22)20-18-19-11(2)10-27-18)17(23)12-7-13(24-3)16(26-5)14(8-12)25-4/h7-8,10H,6,9H2,1-5H3,(H,19,20,22). The van der Waals surface area contributed by atoms with Crippen molar-refractivity contribution in [2.75, 3.05) is 39.7 Å². The van der Waals surface area contributed by atoms with E-state index >= 15 is 0 Å². The van der Waals surface area contributed by atoms with Crippen LogP contribution >= 0.6 is 11.3 Å². The Morgan fingerprint density at radius 1 is 1.15 bits per heavy atom. The quantitative estimate of drug-likeness (QED) is 0.741. The normalized spacial score (nSPS) is 10.3. The molecule has 146 valence electrons. The Morgan fingerprint density at radius 3 is 2.22 bits per heavy atom. The van der Waals surface area contributed by atoms with Gasteiger partial charge in [0.25, 0.3) is 5.91 Å². The van der Waals surface area contributed by atoms with Crippen LogP contribution < -0.4 is 19.5 Å². The van der Waals surface area contributed by atoms with Crippen molar-refractivity contribution in [3.05, 3.63) is 28.8 Å². The van der Waals surface area contributed by atoms with Gasteiger partial charge in [-0.3, -0.25) is 9.59 Å².